The lowest BCUT2D eigenvalue weighted by Gasteiger charge is -2.10. The predicted molar refractivity (Wildman–Crippen MR) is 123 cm³/mol. The molecule has 162 valence electrons. The molecule has 32 heavy (non-hydrogen) atoms. The predicted octanol–water partition coefficient (Wildman–Crippen LogP) is 4.82. The van der Waals surface area contributed by atoms with E-state index in [0.29, 0.717) is 28.4 Å². The summed E-state index contributed by atoms with van der Waals surface area (Å²) in [6.45, 7) is 0. The van der Waals surface area contributed by atoms with Gasteiger partial charge in [0.1, 0.15) is 11.4 Å². The molecule has 4 aromatic rings. The number of hydrogen-bond donors (Lipinski definition) is 1. The molecule has 0 unspecified atom stereocenters. The number of nitrogens with one attached hydrogen (secondary N) is 1. The number of aromatic nitrogens is 2. The molecule has 0 aliphatic carbocycles. The summed E-state index contributed by atoms with van der Waals surface area (Å²) < 4.78 is 17.6. The van der Waals surface area contributed by atoms with E-state index >= 15 is 0 Å². The smallest absolute Gasteiger partial charge is 0.259 e. The highest BCUT2D eigenvalue weighted by Crippen LogP contribution is 2.31. The normalized spacial score (nSPS) is 10.5. The molecular formula is C25H23N3O4. The lowest BCUT2D eigenvalue weighted by atomic mass is 10.1. The van der Waals surface area contributed by atoms with Crippen molar-refractivity contribution in [1.29, 1.82) is 0 Å². The minimum atomic E-state index is -0.287. The first kappa shape index (κ1) is 21.0. The molecule has 0 fully saturated rings. The van der Waals surface area contributed by atoms with E-state index in [1.54, 1.807) is 50.4 Å². The standard InChI is InChI=1S/C25H23N3O4/c1-30-20-12-9-17(10-13-20)24-21(16-28(27-24)19-7-5-4-6-8-19)25(29)26-18-11-14-22(31-2)23(15-18)32-3/h4-16H,1-3H3,(H,26,29). The van der Waals surface area contributed by atoms with Crippen LogP contribution in [0.1, 0.15) is 10.4 Å². The Hall–Kier alpha value is -4.26. The van der Waals surface area contributed by atoms with E-state index in [0.717, 1.165) is 17.0 Å². The number of hydrogen-bond acceptors (Lipinski definition) is 5. The van der Waals surface area contributed by atoms with Crippen LogP contribution in [0.15, 0.2) is 79.0 Å². The zero-order valence-electron chi connectivity index (χ0n) is 18.0. The Bertz CT molecular complexity index is 1220. The Balaban J connectivity index is 1.72. The largest absolute Gasteiger partial charge is 0.497 e. The number of carbonyl (C=O) groups is 1. The summed E-state index contributed by atoms with van der Waals surface area (Å²) in [4.78, 5) is 13.3. The maximum absolute atomic E-state index is 13.3. The number of rotatable bonds is 7. The van der Waals surface area contributed by atoms with Crippen molar-refractivity contribution in [3.63, 3.8) is 0 Å². The number of ether oxygens (including phenoxy) is 3. The van der Waals surface area contributed by atoms with Crippen molar-refractivity contribution in [1.82, 2.24) is 9.78 Å². The number of nitrogens with zero attached hydrogens (tertiary/aromatic N) is 2. The van der Waals surface area contributed by atoms with Gasteiger partial charge in [-0.15, -0.1) is 0 Å². The fourth-order valence-corrected chi connectivity index (χ4v) is 3.33. The van der Waals surface area contributed by atoms with Crippen LogP contribution in [-0.4, -0.2) is 37.0 Å². The highest BCUT2D eigenvalue weighted by molar-refractivity contribution is 6.08. The third-order valence-corrected chi connectivity index (χ3v) is 4.98. The summed E-state index contributed by atoms with van der Waals surface area (Å²) in [7, 11) is 4.73. The van der Waals surface area contributed by atoms with E-state index in [9.17, 15) is 4.79 Å². The van der Waals surface area contributed by atoms with Crippen molar-refractivity contribution in [2.45, 2.75) is 0 Å². The Kier molecular flexibility index (Phi) is 6.07. The van der Waals surface area contributed by atoms with E-state index < -0.39 is 0 Å². The van der Waals surface area contributed by atoms with Gasteiger partial charge in [0.25, 0.3) is 5.91 Å². The Morgan fingerprint density at radius 1 is 0.844 bits per heavy atom. The summed E-state index contributed by atoms with van der Waals surface area (Å²) in [6, 6.07) is 22.3. The SMILES string of the molecule is COc1ccc(-c2nn(-c3ccccc3)cc2C(=O)Nc2ccc(OC)c(OC)c2)cc1. The number of carbonyl (C=O) groups excluding carboxylic acids is 1. The molecule has 1 aromatic heterocycles. The molecule has 0 saturated heterocycles. The van der Waals surface area contributed by atoms with Crippen LogP contribution in [0.2, 0.25) is 0 Å². The average Bonchev–Trinajstić information content (AvgIpc) is 3.30. The average molecular weight is 429 g/mol. The zero-order chi connectivity index (χ0) is 22.5. The molecule has 0 atom stereocenters. The van der Waals surface area contributed by atoms with Crippen LogP contribution in [0, 0.1) is 0 Å². The van der Waals surface area contributed by atoms with Gasteiger partial charge in [-0.2, -0.15) is 5.10 Å². The maximum atomic E-state index is 13.3. The van der Waals surface area contributed by atoms with Gasteiger partial charge in [-0.1, -0.05) is 18.2 Å². The highest BCUT2D eigenvalue weighted by Gasteiger charge is 2.19. The molecule has 0 spiro atoms. The molecular weight excluding hydrogens is 406 g/mol. The molecule has 0 saturated carbocycles. The maximum Gasteiger partial charge on any atom is 0.259 e. The number of amides is 1. The van der Waals surface area contributed by atoms with Crippen molar-refractivity contribution in [2.24, 2.45) is 0 Å². The fourth-order valence-electron chi connectivity index (χ4n) is 3.33. The number of anilines is 1. The van der Waals surface area contributed by atoms with Gasteiger partial charge in [0.05, 0.1) is 32.6 Å². The summed E-state index contributed by atoms with van der Waals surface area (Å²) in [6.07, 6.45) is 1.73. The Labute approximate surface area is 186 Å². The molecule has 0 aliphatic rings. The summed E-state index contributed by atoms with van der Waals surface area (Å²) in [5, 5.41) is 7.63. The van der Waals surface area contributed by atoms with Crippen LogP contribution in [0.3, 0.4) is 0 Å². The van der Waals surface area contributed by atoms with Gasteiger partial charge in [0.15, 0.2) is 11.5 Å². The number of methoxy groups -OCH3 is 3. The molecule has 7 heteroatoms. The van der Waals surface area contributed by atoms with E-state index in [2.05, 4.69) is 5.32 Å². The molecule has 4 rings (SSSR count). The minimum Gasteiger partial charge on any atom is -0.497 e. The first-order valence-corrected chi connectivity index (χ1v) is 9.96. The lowest BCUT2D eigenvalue weighted by molar-refractivity contribution is 0.102. The molecule has 0 radical (unpaired) electrons. The van der Waals surface area contributed by atoms with Crippen molar-refractivity contribution in [3.8, 4) is 34.2 Å². The van der Waals surface area contributed by atoms with Gasteiger partial charge in [0, 0.05) is 23.5 Å². The van der Waals surface area contributed by atoms with Gasteiger partial charge in [-0.3, -0.25) is 4.79 Å². The monoisotopic (exact) mass is 429 g/mol. The number of benzene rings is 3. The van der Waals surface area contributed by atoms with Crippen LogP contribution >= 0.6 is 0 Å². The molecule has 7 nitrogen and oxygen atoms in total. The quantitative estimate of drug-likeness (QED) is 0.456. The van der Waals surface area contributed by atoms with Crippen LogP contribution < -0.4 is 19.5 Å². The second kappa shape index (κ2) is 9.26. The van der Waals surface area contributed by atoms with Gasteiger partial charge >= 0.3 is 0 Å². The van der Waals surface area contributed by atoms with Crippen molar-refractivity contribution in [3.05, 3.63) is 84.6 Å². The Morgan fingerprint density at radius 3 is 2.22 bits per heavy atom. The summed E-state index contributed by atoms with van der Waals surface area (Å²) in [5.41, 5.74) is 3.24. The van der Waals surface area contributed by atoms with Crippen molar-refractivity contribution >= 4 is 11.6 Å². The first-order valence-electron chi connectivity index (χ1n) is 9.96. The van der Waals surface area contributed by atoms with Gasteiger partial charge in [-0.25, -0.2) is 4.68 Å². The fraction of sp³-hybridized carbons (Fsp3) is 0.120. The third kappa shape index (κ3) is 4.27. The minimum absolute atomic E-state index is 0.287. The molecule has 1 N–H and O–H groups in total. The lowest BCUT2D eigenvalue weighted by Crippen LogP contribution is -2.12. The second-order valence-electron chi connectivity index (χ2n) is 6.92. The molecule has 3 aromatic carbocycles. The van der Waals surface area contributed by atoms with Gasteiger partial charge < -0.3 is 19.5 Å². The van der Waals surface area contributed by atoms with Crippen molar-refractivity contribution in [2.75, 3.05) is 26.6 Å². The van der Waals surface area contributed by atoms with E-state index in [-0.39, 0.29) is 5.91 Å². The summed E-state index contributed by atoms with van der Waals surface area (Å²) >= 11 is 0. The van der Waals surface area contributed by atoms with E-state index in [4.69, 9.17) is 19.3 Å². The van der Waals surface area contributed by atoms with Crippen LogP contribution in [0.25, 0.3) is 16.9 Å². The summed E-state index contributed by atoms with van der Waals surface area (Å²) in [5.74, 6) is 1.56. The zero-order valence-corrected chi connectivity index (χ0v) is 18.0. The molecule has 0 bridgehead atoms. The third-order valence-electron chi connectivity index (χ3n) is 4.98. The van der Waals surface area contributed by atoms with E-state index in [1.165, 1.54) is 0 Å². The topological polar surface area (TPSA) is 74.6 Å². The molecule has 1 amide bonds. The highest BCUT2D eigenvalue weighted by atomic mass is 16.5. The van der Waals surface area contributed by atoms with Crippen LogP contribution in [-0.2, 0) is 0 Å². The Morgan fingerprint density at radius 2 is 1.56 bits per heavy atom. The van der Waals surface area contributed by atoms with Gasteiger partial charge in [-0.05, 0) is 48.5 Å². The second-order valence-corrected chi connectivity index (χ2v) is 6.92. The van der Waals surface area contributed by atoms with Crippen LogP contribution in [0.5, 0.6) is 17.2 Å². The first-order chi connectivity index (χ1) is 15.6. The number of para-hydroxylation sites is 1. The molecule has 0 aliphatic heterocycles. The van der Waals surface area contributed by atoms with Crippen molar-refractivity contribution < 1.29 is 19.0 Å². The van der Waals surface area contributed by atoms with E-state index in [1.807, 2.05) is 54.6 Å². The van der Waals surface area contributed by atoms with Crippen LogP contribution in [0.4, 0.5) is 5.69 Å². The van der Waals surface area contributed by atoms with Gasteiger partial charge in [0.2, 0.25) is 0 Å². The molecule has 1 heterocycles.